The number of rotatable bonds is 2. The van der Waals surface area contributed by atoms with Gasteiger partial charge in [0.1, 0.15) is 11.6 Å². The summed E-state index contributed by atoms with van der Waals surface area (Å²) in [5.41, 5.74) is 5.39. The molecule has 0 bridgehead atoms. The molecule has 0 fully saturated rings. The van der Waals surface area contributed by atoms with E-state index in [0.29, 0.717) is 0 Å². The van der Waals surface area contributed by atoms with Gasteiger partial charge in [0.15, 0.2) is 0 Å². The fourth-order valence-electron chi connectivity index (χ4n) is 1.06. The fourth-order valence-corrected chi connectivity index (χ4v) is 1.23. The second kappa shape index (κ2) is 4.13. The van der Waals surface area contributed by atoms with E-state index in [4.69, 9.17) is 22.4 Å². The van der Waals surface area contributed by atoms with Gasteiger partial charge in [-0.3, -0.25) is 0 Å². The zero-order chi connectivity index (χ0) is 10.9. The lowest BCUT2D eigenvalue weighted by Crippen LogP contribution is -2.25. The van der Waals surface area contributed by atoms with Crippen LogP contribution in [-0.4, -0.2) is 16.3 Å². The summed E-state index contributed by atoms with van der Waals surface area (Å²) in [6, 6.07) is 1.41. The van der Waals surface area contributed by atoms with Crippen molar-refractivity contribution in [1.29, 1.82) is 0 Å². The van der Waals surface area contributed by atoms with Crippen LogP contribution in [0.2, 0.25) is 5.02 Å². The molecule has 0 aliphatic carbocycles. The van der Waals surface area contributed by atoms with Gasteiger partial charge in [0.25, 0.3) is 0 Å². The van der Waals surface area contributed by atoms with Gasteiger partial charge in [0.2, 0.25) is 0 Å². The summed E-state index contributed by atoms with van der Waals surface area (Å²) in [5.74, 6) is -1.08. The number of aromatic hydroxyl groups is 1. The molecule has 0 aliphatic heterocycles. The van der Waals surface area contributed by atoms with Crippen LogP contribution >= 0.6 is 11.6 Å². The Morgan fingerprint density at radius 1 is 1.50 bits per heavy atom. The summed E-state index contributed by atoms with van der Waals surface area (Å²) in [5, 5.41) is 18.5. The number of hydrogen-bond donors (Lipinski definition) is 3. The largest absolute Gasteiger partial charge is 0.506 e. The molecule has 0 saturated carbocycles. The third-order valence-corrected chi connectivity index (χ3v) is 2.19. The molecule has 1 aromatic rings. The van der Waals surface area contributed by atoms with E-state index in [1.807, 2.05) is 0 Å². The molecule has 4 N–H and O–H groups in total. The normalized spacial score (nSPS) is 15.2. The molecule has 2 atom stereocenters. The van der Waals surface area contributed by atoms with Crippen LogP contribution in [-0.2, 0) is 0 Å². The summed E-state index contributed by atoms with van der Waals surface area (Å²) in [4.78, 5) is 0. The number of nitrogens with two attached hydrogens (primary N) is 1. The van der Waals surface area contributed by atoms with Gasteiger partial charge in [0, 0.05) is 17.7 Å². The number of benzene rings is 1. The highest BCUT2D eigenvalue weighted by Gasteiger charge is 2.18. The van der Waals surface area contributed by atoms with E-state index in [9.17, 15) is 9.50 Å². The third kappa shape index (κ3) is 2.15. The van der Waals surface area contributed by atoms with E-state index < -0.39 is 18.0 Å². The van der Waals surface area contributed by atoms with Crippen LogP contribution in [0, 0.1) is 5.82 Å². The van der Waals surface area contributed by atoms with Crippen LogP contribution in [0.3, 0.4) is 0 Å². The molecule has 2 unspecified atom stereocenters. The molecule has 0 aromatic heterocycles. The molecule has 3 nitrogen and oxygen atoms in total. The molecule has 0 saturated heterocycles. The first-order chi connectivity index (χ1) is 6.43. The minimum atomic E-state index is -1.13. The van der Waals surface area contributed by atoms with Crippen LogP contribution in [0.1, 0.15) is 18.6 Å². The Labute approximate surface area is 85.9 Å². The predicted octanol–water partition coefficient (Wildman–Crippen LogP) is 1.57. The van der Waals surface area contributed by atoms with Crippen molar-refractivity contribution in [3.63, 3.8) is 0 Å². The average Bonchev–Trinajstić information content (AvgIpc) is 2.10. The Bertz CT molecular complexity index is 344. The quantitative estimate of drug-likeness (QED) is 0.707. The second-order valence-electron chi connectivity index (χ2n) is 3.13. The monoisotopic (exact) mass is 219 g/mol. The highest BCUT2D eigenvalue weighted by atomic mass is 35.5. The van der Waals surface area contributed by atoms with E-state index in [-0.39, 0.29) is 16.3 Å². The first-order valence-electron chi connectivity index (χ1n) is 4.05. The lowest BCUT2D eigenvalue weighted by molar-refractivity contribution is 0.149. The van der Waals surface area contributed by atoms with Crippen molar-refractivity contribution in [1.82, 2.24) is 0 Å². The van der Waals surface area contributed by atoms with Gasteiger partial charge >= 0.3 is 0 Å². The number of aliphatic hydroxyl groups is 1. The van der Waals surface area contributed by atoms with Gasteiger partial charge in [-0.25, -0.2) is 4.39 Å². The molecule has 0 radical (unpaired) electrons. The molecule has 1 rings (SSSR count). The third-order valence-electron chi connectivity index (χ3n) is 1.88. The lowest BCUT2D eigenvalue weighted by Gasteiger charge is -2.16. The smallest absolute Gasteiger partial charge is 0.137 e. The van der Waals surface area contributed by atoms with Crippen molar-refractivity contribution in [3.05, 3.63) is 28.5 Å². The first-order valence-corrected chi connectivity index (χ1v) is 4.43. The van der Waals surface area contributed by atoms with Crippen molar-refractivity contribution in [2.24, 2.45) is 5.73 Å². The topological polar surface area (TPSA) is 66.5 Å². The minimum Gasteiger partial charge on any atom is -0.506 e. The van der Waals surface area contributed by atoms with Crippen LogP contribution in [0.15, 0.2) is 12.1 Å². The van der Waals surface area contributed by atoms with Gasteiger partial charge in [-0.15, -0.1) is 0 Å². The predicted molar refractivity (Wildman–Crippen MR) is 51.7 cm³/mol. The minimum absolute atomic E-state index is 0.0113. The van der Waals surface area contributed by atoms with Gasteiger partial charge in [-0.1, -0.05) is 11.6 Å². The Hall–Kier alpha value is -0.840. The highest BCUT2D eigenvalue weighted by Crippen LogP contribution is 2.30. The lowest BCUT2D eigenvalue weighted by atomic mass is 10.0. The van der Waals surface area contributed by atoms with Crippen LogP contribution < -0.4 is 5.73 Å². The summed E-state index contributed by atoms with van der Waals surface area (Å²) >= 11 is 5.57. The molecule has 0 heterocycles. The van der Waals surface area contributed by atoms with Gasteiger partial charge in [0.05, 0.1) is 11.1 Å². The molecular formula is C9H11ClFNO2. The molecule has 0 aliphatic rings. The maximum absolute atomic E-state index is 13.2. The second-order valence-corrected chi connectivity index (χ2v) is 3.54. The highest BCUT2D eigenvalue weighted by molar-refractivity contribution is 6.32. The van der Waals surface area contributed by atoms with Crippen molar-refractivity contribution in [2.75, 3.05) is 0 Å². The van der Waals surface area contributed by atoms with Crippen molar-refractivity contribution >= 4 is 11.6 Å². The number of aliphatic hydroxyl groups excluding tert-OH is 1. The van der Waals surface area contributed by atoms with Gasteiger partial charge < -0.3 is 15.9 Å². The van der Waals surface area contributed by atoms with E-state index in [0.717, 1.165) is 6.07 Å². The van der Waals surface area contributed by atoms with Crippen molar-refractivity contribution in [2.45, 2.75) is 19.1 Å². The number of phenols is 1. The Morgan fingerprint density at radius 2 is 2.07 bits per heavy atom. The molecule has 0 amide bonds. The van der Waals surface area contributed by atoms with Crippen molar-refractivity contribution < 1.29 is 14.6 Å². The maximum Gasteiger partial charge on any atom is 0.137 e. The summed E-state index contributed by atoms with van der Waals surface area (Å²) < 4.78 is 13.2. The van der Waals surface area contributed by atoms with E-state index in [2.05, 4.69) is 0 Å². The zero-order valence-electron chi connectivity index (χ0n) is 7.54. The zero-order valence-corrected chi connectivity index (χ0v) is 8.29. The van der Waals surface area contributed by atoms with Gasteiger partial charge in [-0.2, -0.15) is 0 Å². The Kier molecular flexibility index (Phi) is 3.31. The fraction of sp³-hybridized carbons (Fsp3) is 0.333. The first kappa shape index (κ1) is 11.2. The van der Waals surface area contributed by atoms with E-state index >= 15 is 0 Å². The number of phenolic OH excluding ortho intramolecular Hbond substituents is 1. The molecule has 0 spiro atoms. The molecular weight excluding hydrogens is 209 g/mol. The summed E-state index contributed by atoms with van der Waals surface area (Å²) in [6.07, 6.45) is -1.13. The number of hydrogen-bond acceptors (Lipinski definition) is 3. The standard InChI is InChI=1S/C9H11ClFNO2/c1-4(12)9(14)5-2-6(10)8(13)3-7(5)11/h2-4,9,13-14H,12H2,1H3. The van der Waals surface area contributed by atoms with Crippen LogP contribution in [0.5, 0.6) is 5.75 Å². The maximum atomic E-state index is 13.2. The van der Waals surface area contributed by atoms with Crippen molar-refractivity contribution in [3.8, 4) is 5.75 Å². The molecule has 1 aromatic carbocycles. The Balaban J connectivity index is 3.15. The van der Waals surface area contributed by atoms with Crippen LogP contribution in [0.4, 0.5) is 4.39 Å². The summed E-state index contributed by atoms with van der Waals surface area (Å²) in [6.45, 7) is 1.55. The molecule has 78 valence electrons. The van der Waals surface area contributed by atoms with E-state index in [1.165, 1.54) is 6.07 Å². The molecule has 14 heavy (non-hydrogen) atoms. The Morgan fingerprint density at radius 3 is 2.57 bits per heavy atom. The SMILES string of the molecule is CC(N)C(O)c1cc(Cl)c(O)cc1F. The molecule has 5 heteroatoms. The van der Waals surface area contributed by atoms with E-state index in [1.54, 1.807) is 6.92 Å². The van der Waals surface area contributed by atoms with Crippen LogP contribution in [0.25, 0.3) is 0 Å². The van der Waals surface area contributed by atoms with Gasteiger partial charge in [-0.05, 0) is 13.0 Å². The average molecular weight is 220 g/mol. The summed E-state index contributed by atoms with van der Waals surface area (Å²) in [7, 11) is 0. The number of halogens is 2.